The van der Waals surface area contributed by atoms with Crippen LogP contribution in [0.5, 0.6) is 0 Å². The molecule has 2 amide bonds. The van der Waals surface area contributed by atoms with E-state index < -0.39 is 27.7 Å². The number of primary amides is 1. The normalized spacial score (nSPS) is 15.6. The van der Waals surface area contributed by atoms with Crippen molar-refractivity contribution in [3.8, 4) is 0 Å². The molecule has 0 bridgehead atoms. The topological polar surface area (TPSA) is 106 Å². The second-order valence-electron chi connectivity index (χ2n) is 6.36. The van der Waals surface area contributed by atoms with E-state index in [4.69, 9.17) is 17.3 Å². The van der Waals surface area contributed by atoms with Gasteiger partial charge in [-0.3, -0.25) is 9.59 Å². The van der Waals surface area contributed by atoms with Crippen LogP contribution in [0, 0.1) is 5.82 Å². The van der Waals surface area contributed by atoms with Gasteiger partial charge < -0.3 is 15.2 Å². The van der Waals surface area contributed by atoms with Gasteiger partial charge in [0.2, 0.25) is 10.0 Å². The zero-order valence-corrected chi connectivity index (χ0v) is 16.5. The molecule has 0 atom stereocenters. The first-order valence-electron chi connectivity index (χ1n) is 8.32. The Labute approximate surface area is 166 Å². The van der Waals surface area contributed by atoms with Crippen LogP contribution in [-0.4, -0.2) is 60.2 Å². The molecule has 2 heterocycles. The minimum Gasteiger partial charge on any atom is -0.364 e. The fourth-order valence-electron chi connectivity index (χ4n) is 3.03. The summed E-state index contributed by atoms with van der Waals surface area (Å²) in [6.45, 7) is 0.271. The number of nitrogens with two attached hydrogens (primary N) is 1. The van der Waals surface area contributed by atoms with Gasteiger partial charge in [0.1, 0.15) is 16.4 Å². The number of halogens is 2. The van der Waals surface area contributed by atoms with Crippen molar-refractivity contribution in [3.05, 3.63) is 52.6 Å². The number of hydrogen-bond donors (Lipinski definition) is 1. The number of nitrogens with zero attached hydrogens (tertiary/aromatic N) is 3. The summed E-state index contributed by atoms with van der Waals surface area (Å²) in [6, 6.07) is 4.93. The average molecular weight is 429 g/mol. The maximum atomic E-state index is 13.9. The number of benzene rings is 1. The second kappa shape index (κ2) is 7.53. The SMILES string of the molecule is Cn1cc(S(=O)(=O)N2CCN(C(=O)c3cc(Cl)ccc3F)CC2)cc1C(N)=O. The van der Waals surface area contributed by atoms with Crippen LogP contribution in [0.4, 0.5) is 4.39 Å². The fourth-order valence-corrected chi connectivity index (χ4v) is 4.70. The predicted molar refractivity (Wildman–Crippen MR) is 100 cm³/mol. The van der Waals surface area contributed by atoms with E-state index in [0.717, 1.165) is 6.07 Å². The first kappa shape index (κ1) is 20.3. The molecule has 28 heavy (non-hydrogen) atoms. The van der Waals surface area contributed by atoms with Gasteiger partial charge in [-0.15, -0.1) is 0 Å². The number of carbonyl (C=O) groups is 2. The van der Waals surface area contributed by atoms with Crippen LogP contribution in [0.2, 0.25) is 5.02 Å². The standard InChI is InChI=1S/C17H18ClFN4O4S/c1-21-10-12(9-15(21)16(20)24)28(26,27)23-6-4-22(5-7-23)17(25)13-8-11(18)2-3-14(13)19/h2-3,8-10H,4-7H2,1H3,(H2,20,24). The van der Waals surface area contributed by atoms with Crippen LogP contribution in [0.1, 0.15) is 20.8 Å². The molecule has 0 spiro atoms. The molecule has 1 fully saturated rings. The molecule has 150 valence electrons. The van der Waals surface area contributed by atoms with Gasteiger partial charge in [0.05, 0.1) is 5.56 Å². The lowest BCUT2D eigenvalue weighted by molar-refractivity contribution is 0.0693. The van der Waals surface area contributed by atoms with Crippen molar-refractivity contribution in [2.45, 2.75) is 4.90 Å². The maximum Gasteiger partial charge on any atom is 0.265 e. The van der Waals surface area contributed by atoms with Crippen molar-refractivity contribution < 1.29 is 22.4 Å². The van der Waals surface area contributed by atoms with Gasteiger partial charge >= 0.3 is 0 Å². The Bertz CT molecular complexity index is 1050. The maximum absolute atomic E-state index is 13.9. The fraction of sp³-hybridized carbons (Fsp3) is 0.294. The highest BCUT2D eigenvalue weighted by atomic mass is 35.5. The molecular weight excluding hydrogens is 411 g/mol. The molecule has 0 unspecified atom stereocenters. The third-order valence-corrected chi connectivity index (χ3v) is 6.65. The average Bonchev–Trinajstić information content (AvgIpc) is 3.06. The van der Waals surface area contributed by atoms with E-state index >= 15 is 0 Å². The highest BCUT2D eigenvalue weighted by Crippen LogP contribution is 2.22. The lowest BCUT2D eigenvalue weighted by Gasteiger charge is -2.33. The van der Waals surface area contributed by atoms with Gasteiger partial charge in [0.15, 0.2) is 0 Å². The molecule has 1 aliphatic rings. The molecule has 11 heteroatoms. The Morgan fingerprint density at radius 1 is 1.14 bits per heavy atom. The molecule has 0 saturated carbocycles. The van der Waals surface area contributed by atoms with E-state index in [1.54, 1.807) is 0 Å². The number of aryl methyl sites for hydroxylation is 1. The molecule has 2 N–H and O–H groups in total. The van der Waals surface area contributed by atoms with E-state index in [-0.39, 0.29) is 47.4 Å². The number of amides is 2. The monoisotopic (exact) mass is 428 g/mol. The van der Waals surface area contributed by atoms with Gasteiger partial charge in [0, 0.05) is 44.4 Å². The van der Waals surface area contributed by atoms with Crippen LogP contribution in [0.15, 0.2) is 35.4 Å². The lowest BCUT2D eigenvalue weighted by Crippen LogP contribution is -2.50. The number of rotatable bonds is 4. The largest absolute Gasteiger partial charge is 0.364 e. The molecule has 1 aromatic carbocycles. The van der Waals surface area contributed by atoms with E-state index in [2.05, 4.69) is 0 Å². The molecule has 2 aromatic rings. The van der Waals surface area contributed by atoms with E-state index in [0.29, 0.717) is 0 Å². The Kier molecular flexibility index (Phi) is 5.46. The number of aromatic nitrogens is 1. The summed E-state index contributed by atoms with van der Waals surface area (Å²) in [4.78, 5) is 25.2. The molecule has 0 aliphatic carbocycles. The number of sulfonamides is 1. The Morgan fingerprint density at radius 2 is 1.79 bits per heavy atom. The number of piperazine rings is 1. The Balaban J connectivity index is 1.74. The highest BCUT2D eigenvalue weighted by Gasteiger charge is 2.32. The summed E-state index contributed by atoms with van der Waals surface area (Å²) in [5.74, 6) is -1.97. The summed E-state index contributed by atoms with van der Waals surface area (Å²) in [5, 5.41) is 0.236. The Hall–Kier alpha value is -2.43. The smallest absolute Gasteiger partial charge is 0.265 e. The van der Waals surface area contributed by atoms with Crippen LogP contribution >= 0.6 is 11.6 Å². The van der Waals surface area contributed by atoms with Crippen LogP contribution in [0.3, 0.4) is 0 Å². The summed E-state index contributed by atoms with van der Waals surface area (Å²) < 4.78 is 42.1. The van der Waals surface area contributed by atoms with Crippen molar-refractivity contribution in [2.24, 2.45) is 12.8 Å². The van der Waals surface area contributed by atoms with Crippen LogP contribution in [0.25, 0.3) is 0 Å². The zero-order chi connectivity index (χ0) is 20.6. The summed E-state index contributed by atoms with van der Waals surface area (Å²) in [6.07, 6.45) is 1.31. The first-order chi connectivity index (χ1) is 13.1. The summed E-state index contributed by atoms with van der Waals surface area (Å²) in [7, 11) is -2.33. The quantitative estimate of drug-likeness (QED) is 0.785. The lowest BCUT2D eigenvalue weighted by atomic mass is 10.1. The number of carbonyl (C=O) groups excluding carboxylic acids is 2. The van der Waals surface area contributed by atoms with E-state index in [1.165, 1.54) is 45.2 Å². The predicted octanol–water partition coefficient (Wildman–Crippen LogP) is 1.06. The van der Waals surface area contributed by atoms with Crippen molar-refractivity contribution in [1.82, 2.24) is 13.8 Å². The molecule has 1 aromatic heterocycles. The van der Waals surface area contributed by atoms with Gasteiger partial charge in [-0.1, -0.05) is 11.6 Å². The summed E-state index contributed by atoms with van der Waals surface area (Å²) in [5.41, 5.74) is 5.15. The van der Waals surface area contributed by atoms with Crippen molar-refractivity contribution in [3.63, 3.8) is 0 Å². The van der Waals surface area contributed by atoms with Gasteiger partial charge in [0.25, 0.3) is 11.8 Å². The zero-order valence-electron chi connectivity index (χ0n) is 14.9. The van der Waals surface area contributed by atoms with Crippen LogP contribution < -0.4 is 5.73 Å². The van der Waals surface area contributed by atoms with Crippen molar-refractivity contribution in [1.29, 1.82) is 0 Å². The minimum atomic E-state index is -3.85. The van der Waals surface area contributed by atoms with E-state index in [9.17, 15) is 22.4 Å². The minimum absolute atomic E-state index is 0.0387. The summed E-state index contributed by atoms with van der Waals surface area (Å²) >= 11 is 5.83. The molecule has 0 radical (unpaired) electrons. The molecule has 1 saturated heterocycles. The Morgan fingerprint density at radius 3 is 2.36 bits per heavy atom. The second-order valence-corrected chi connectivity index (χ2v) is 8.73. The third-order valence-electron chi connectivity index (χ3n) is 4.55. The highest BCUT2D eigenvalue weighted by molar-refractivity contribution is 7.89. The van der Waals surface area contributed by atoms with Gasteiger partial charge in [-0.05, 0) is 24.3 Å². The molecule has 3 rings (SSSR count). The van der Waals surface area contributed by atoms with E-state index in [1.807, 2.05) is 0 Å². The molecule has 1 aliphatic heterocycles. The van der Waals surface area contributed by atoms with Gasteiger partial charge in [-0.2, -0.15) is 4.31 Å². The van der Waals surface area contributed by atoms with Crippen molar-refractivity contribution >= 4 is 33.4 Å². The number of hydrogen-bond acceptors (Lipinski definition) is 4. The van der Waals surface area contributed by atoms with Crippen LogP contribution in [-0.2, 0) is 17.1 Å². The third kappa shape index (κ3) is 3.75. The first-order valence-corrected chi connectivity index (χ1v) is 10.1. The van der Waals surface area contributed by atoms with Crippen molar-refractivity contribution in [2.75, 3.05) is 26.2 Å². The molecule has 8 nitrogen and oxygen atoms in total. The molecular formula is C17H18ClFN4O4S. The van der Waals surface area contributed by atoms with Gasteiger partial charge in [-0.25, -0.2) is 12.8 Å².